The number of phenolic OH excluding ortho intramolecular Hbond substituents is 1. The van der Waals surface area contributed by atoms with Gasteiger partial charge >= 0.3 is 0 Å². The van der Waals surface area contributed by atoms with Gasteiger partial charge in [-0.3, -0.25) is 0 Å². The van der Waals surface area contributed by atoms with Crippen molar-refractivity contribution in [2.75, 3.05) is 0 Å². The van der Waals surface area contributed by atoms with E-state index in [4.69, 9.17) is 0 Å². The normalized spacial score (nSPS) is 11.6. The van der Waals surface area contributed by atoms with Gasteiger partial charge in [-0.05, 0) is 45.8 Å². The summed E-state index contributed by atoms with van der Waals surface area (Å²) in [7, 11) is 0. The van der Waals surface area contributed by atoms with E-state index in [9.17, 15) is 9.50 Å². The number of rotatable bonds is 5. The molecule has 1 heterocycles. The second kappa shape index (κ2) is 9.36. The van der Waals surface area contributed by atoms with E-state index in [1.165, 1.54) is 23.0 Å². The molecule has 0 atom stereocenters. The fraction of sp³-hybridized carbons (Fsp3) is 0. The maximum atomic E-state index is 13.2. The van der Waals surface area contributed by atoms with Crippen LogP contribution in [-0.4, -0.2) is 27.2 Å². The lowest BCUT2D eigenvalue weighted by atomic mass is 10.2. The van der Waals surface area contributed by atoms with E-state index < -0.39 is 0 Å². The highest BCUT2D eigenvalue weighted by Crippen LogP contribution is 2.31. The monoisotopic (exact) mass is 540 g/mol. The van der Waals surface area contributed by atoms with E-state index in [0.717, 1.165) is 15.6 Å². The molecule has 1 aromatic heterocycles. The molecule has 0 saturated heterocycles. The lowest BCUT2D eigenvalue weighted by Gasteiger charge is -2.02. The molecule has 154 valence electrons. The van der Waals surface area contributed by atoms with Gasteiger partial charge in [-0.1, -0.05) is 58.4 Å². The molecule has 0 aliphatic carbocycles. The number of aliphatic imine (C=N–C) groups is 1. The lowest BCUT2D eigenvalue weighted by molar-refractivity contribution is 0.471. The second-order valence-corrected chi connectivity index (χ2v) is 8.29. The Morgan fingerprint density at radius 3 is 2.45 bits per heavy atom. The van der Waals surface area contributed by atoms with Crippen LogP contribution in [0.5, 0.6) is 5.75 Å². The van der Waals surface area contributed by atoms with Crippen LogP contribution in [0.2, 0.25) is 0 Å². The molecule has 0 fully saturated rings. The third-order valence-electron chi connectivity index (χ3n) is 4.32. The Balaban J connectivity index is 1.73. The van der Waals surface area contributed by atoms with E-state index >= 15 is 0 Å². The molecule has 8 heteroatoms. The number of benzene rings is 3. The molecule has 0 saturated carbocycles. The fourth-order valence-corrected chi connectivity index (χ4v) is 4.03. The van der Waals surface area contributed by atoms with Crippen LogP contribution in [0, 0.1) is 5.82 Å². The number of nitrogens with zero attached hydrogens (tertiary/aromatic N) is 4. The summed E-state index contributed by atoms with van der Waals surface area (Å²) < 4.78 is 16.0. The summed E-state index contributed by atoms with van der Waals surface area (Å²) >= 11 is 6.72. The molecule has 4 aromatic rings. The van der Waals surface area contributed by atoms with E-state index in [0.29, 0.717) is 21.7 Å². The van der Waals surface area contributed by atoms with E-state index in [1.54, 1.807) is 36.7 Å². The maximum Gasteiger partial charge on any atom is 0.251 e. The van der Waals surface area contributed by atoms with Gasteiger partial charge in [-0.25, -0.2) is 19.0 Å². The Morgan fingerprint density at radius 2 is 1.71 bits per heavy atom. The number of phenols is 1. The van der Waals surface area contributed by atoms with Gasteiger partial charge in [-0.2, -0.15) is 5.10 Å². The molecule has 0 radical (unpaired) electrons. The molecular weight excluding hydrogens is 527 g/mol. The van der Waals surface area contributed by atoms with Crippen molar-refractivity contribution < 1.29 is 9.50 Å². The van der Waals surface area contributed by atoms with Gasteiger partial charge in [-0.15, -0.1) is 0 Å². The van der Waals surface area contributed by atoms with Crippen LogP contribution >= 0.6 is 31.9 Å². The molecule has 3 aromatic carbocycles. The van der Waals surface area contributed by atoms with Crippen molar-refractivity contribution in [3.05, 3.63) is 98.8 Å². The van der Waals surface area contributed by atoms with Crippen LogP contribution in [0.25, 0.3) is 11.3 Å². The number of imidazole rings is 1. The Labute approximate surface area is 194 Å². The Hall–Kier alpha value is -3.10. The van der Waals surface area contributed by atoms with Gasteiger partial charge in [0.25, 0.3) is 5.95 Å². The van der Waals surface area contributed by atoms with Gasteiger partial charge < -0.3 is 5.11 Å². The number of aromatic hydroxyl groups is 1. The quantitative estimate of drug-likeness (QED) is 0.291. The fourth-order valence-electron chi connectivity index (χ4n) is 2.77. The predicted octanol–water partition coefficient (Wildman–Crippen LogP) is 6.55. The highest BCUT2D eigenvalue weighted by molar-refractivity contribution is 9.11. The summed E-state index contributed by atoms with van der Waals surface area (Å²) in [6.07, 6.45) is 4.88. The molecular formula is C23H15Br2FN4O. The smallest absolute Gasteiger partial charge is 0.251 e. The summed E-state index contributed by atoms with van der Waals surface area (Å²) in [6.45, 7) is 0. The molecule has 5 nitrogen and oxygen atoms in total. The molecule has 1 N–H and O–H groups in total. The standard InChI is InChI=1S/C23H15Br2FN4O/c24-18-10-17(22(31)20(25)11-18)13-27-23-29-21(16-4-2-1-3-5-16)14-30(23)28-12-15-6-8-19(26)9-7-15/h1-14,31H/b27-13-,28-12-. The van der Waals surface area contributed by atoms with Gasteiger partial charge in [0.15, 0.2) is 0 Å². The third kappa shape index (κ3) is 5.15. The van der Waals surface area contributed by atoms with Crippen LogP contribution in [0.1, 0.15) is 11.1 Å². The molecule has 0 aliphatic rings. The lowest BCUT2D eigenvalue weighted by Crippen LogP contribution is -1.90. The largest absolute Gasteiger partial charge is 0.506 e. The van der Waals surface area contributed by atoms with Gasteiger partial charge in [0, 0.05) is 21.8 Å². The Kier molecular flexibility index (Phi) is 6.39. The van der Waals surface area contributed by atoms with Crippen molar-refractivity contribution in [2.45, 2.75) is 0 Å². The Morgan fingerprint density at radius 1 is 0.968 bits per heavy atom. The zero-order valence-electron chi connectivity index (χ0n) is 16.0. The van der Waals surface area contributed by atoms with Crippen LogP contribution in [0.4, 0.5) is 10.3 Å². The minimum Gasteiger partial charge on any atom is -0.506 e. The number of halogens is 3. The van der Waals surface area contributed by atoms with Crippen molar-refractivity contribution in [1.82, 2.24) is 9.66 Å². The van der Waals surface area contributed by atoms with Crippen molar-refractivity contribution in [3.8, 4) is 17.0 Å². The first-order valence-corrected chi connectivity index (χ1v) is 10.7. The summed E-state index contributed by atoms with van der Waals surface area (Å²) in [6, 6.07) is 19.2. The number of hydrogen-bond donors (Lipinski definition) is 1. The van der Waals surface area contributed by atoms with Crippen LogP contribution in [-0.2, 0) is 0 Å². The first-order chi connectivity index (χ1) is 15.0. The van der Waals surface area contributed by atoms with E-state index in [2.05, 4.69) is 46.9 Å². The topological polar surface area (TPSA) is 62.8 Å². The van der Waals surface area contributed by atoms with Crippen molar-refractivity contribution >= 4 is 50.2 Å². The van der Waals surface area contributed by atoms with Gasteiger partial charge in [0.2, 0.25) is 0 Å². The summed E-state index contributed by atoms with van der Waals surface area (Å²) in [5, 5.41) is 14.7. The highest BCUT2D eigenvalue weighted by atomic mass is 79.9. The highest BCUT2D eigenvalue weighted by Gasteiger charge is 2.10. The first kappa shape index (κ1) is 21.1. The van der Waals surface area contributed by atoms with Crippen LogP contribution in [0.15, 0.2) is 92.0 Å². The minimum absolute atomic E-state index is 0.0724. The molecule has 0 amide bonds. The van der Waals surface area contributed by atoms with E-state index in [1.807, 2.05) is 30.3 Å². The summed E-state index contributed by atoms with van der Waals surface area (Å²) in [5.41, 5.74) is 2.87. The molecule has 0 aliphatic heterocycles. The molecule has 31 heavy (non-hydrogen) atoms. The number of aromatic nitrogens is 2. The minimum atomic E-state index is -0.309. The molecule has 0 spiro atoms. The van der Waals surface area contributed by atoms with Crippen molar-refractivity contribution in [3.63, 3.8) is 0 Å². The van der Waals surface area contributed by atoms with Crippen molar-refractivity contribution in [1.29, 1.82) is 0 Å². The van der Waals surface area contributed by atoms with Crippen molar-refractivity contribution in [2.24, 2.45) is 10.1 Å². The second-order valence-electron chi connectivity index (χ2n) is 6.52. The molecule has 0 bridgehead atoms. The SMILES string of the molecule is Oc1c(Br)cc(Br)cc1/C=N\c1nc(-c2ccccc2)cn1/N=C\c1ccc(F)cc1. The Bertz CT molecular complexity index is 1270. The summed E-state index contributed by atoms with van der Waals surface area (Å²) in [5.74, 6) is 0.0901. The van der Waals surface area contributed by atoms with Gasteiger partial charge in [0.1, 0.15) is 11.6 Å². The van der Waals surface area contributed by atoms with Crippen LogP contribution < -0.4 is 0 Å². The van der Waals surface area contributed by atoms with E-state index in [-0.39, 0.29) is 11.6 Å². The number of hydrogen-bond acceptors (Lipinski definition) is 4. The van der Waals surface area contributed by atoms with Crippen LogP contribution in [0.3, 0.4) is 0 Å². The average Bonchev–Trinajstić information content (AvgIpc) is 3.18. The predicted molar refractivity (Wildman–Crippen MR) is 128 cm³/mol. The average molecular weight is 542 g/mol. The zero-order chi connectivity index (χ0) is 21.8. The first-order valence-electron chi connectivity index (χ1n) is 9.16. The third-order valence-corrected chi connectivity index (χ3v) is 5.38. The summed E-state index contributed by atoms with van der Waals surface area (Å²) in [4.78, 5) is 9.03. The molecule has 0 unspecified atom stereocenters. The maximum absolute atomic E-state index is 13.2. The zero-order valence-corrected chi connectivity index (χ0v) is 19.1. The molecule has 4 rings (SSSR count). The van der Waals surface area contributed by atoms with Gasteiger partial charge in [0.05, 0.1) is 22.6 Å².